The highest BCUT2D eigenvalue weighted by atomic mass is 16.6. The average Bonchev–Trinajstić information content (AvgIpc) is 2.98. The molecule has 0 spiro atoms. The predicted molar refractivity (Wildman–Crippen MR) is 79.4 cm³/mol. The number of anilines is 1. The number of benzene rings is 1. The molecule has 2 N–H and O–H groups in total. The van der Waals surface area contributed by atoms with E-state index in [2.05, 4.69) is 15.5 Å². The quantitative estimate of drug-likeness (QED) is 0.591. The van der Waals surface area contributed by atoms with Crippen molar-refractivity contribution in [2.24, 2.45) is 0 Å². The lowest BCUT2D eigenvalue weighted by Gasteiger charge is -2.06. The van der Waals surface area contributed by atoms with Gasteiger partial charge in [0, 0.05) is 12.1 Å². The van der Waals surface area contributed by atoms with Gasteiger partial charge in [-0.1, -0.05) is 0 Å². The van der Waals surface area contributed by atoms with E-state index >= 15 is 0 Å². The SMILES string of the molecule is COc1cc(NC(=O)c2[nH]nc(OC)c2[N+](=O)[O-])cc([N+](=O)[O-])c1. The van der Waals surface area contributed by atoms with Crippen LogP contribution in [0.25, 0.3) is 0 Å². The normalized spacial score (nSPS) is 10.1. The number of nitrogens with one attached hydrogen (secondary N) is 2. The summed E-state index contributed by atoms with van der Waals surface area (Å²) in [7, 11) is 2.46. The Balaban J connectivity index is 2.37. The molecule has 0 saturated heterocycles. The largest absolute Gasteiger partial charge is 0.496 e. The van der Waals surface area contributed by atoms with E-state index in [1.807, 2.05) is 0 Å². The molecule has 0 aliphatic heterocycles. The summed E-state index contributed by atoms with van der Waals surface area (Å²) < 4.78 is 9.61. The Morgan fingerprint density at radius 2 is 1.88 bits per heavy atom. The summed E-state index contributed by atoms with van der Waals surface area (Å²) in [6, 6.07) is 3.57. The Morgan fingerprint density at radius 3 is 2.42 bits per heavy atom. The number of amides is 1. The van der Waals surface area contributed by atoms with E-state index in [0.717, 1.165) is 19.2 Å². The highest BCUT2D eigenvalue weighted by Crippen LogP contribution is 2.30. The van der Waals surface area contributed by atoms with Crippen LogP contribution in [0, 0.1) is 20.2 Å². The van der Waals surface area contributed by atoms with E-state index in [4.69, 9.17) is 9.47 Å². The van der Waals surface area contributed by atoms with Crippen molar-refractivity contribution in [1.29, 1.82) is 0 Å². The highest BCUT2D eigenvalue weighted by Gasteiger charge is 2.30. The molecule has 12 nitrogen and oxygen atoms in total. The molecular weight excluding hydrogens is 326 g/mol. The minimum atomic E-state index is -0.917. The smallest absolute Gasteiger partial charge is 0.362 e. The fraction of sp³-hybridized carbons (Fsp3) is 0.167. The molecule has 1 aromatic heterocycles. The van der Waals surface area contributed by atoms with Crippen LogP contribution in [0.4, 0.5) is 17.1 Å². The Morgan fingerprint density at radius 1 is 1.17 bits per heavy atom. The van der Waals surface area contributed by atoms with Crippen LogP contribution < -0.4 is 14.8 Å². The van der Waals surface area contributed by atoms with Crippen molar-refractivity contribution < 1.29 is 24.1 Å². The van der Waals surface area contributed by atoms with Gasteiger partial charge in [-0.15, -0.1) is 5.10 Å². The summed E-state index contributed by atoms with van der Waals surface area (Å²) >= 11 is 0. The molecule has 2 rings (SSSR count). The van der Waals surface area contributed by atoms with Gasteiger partial charge in [0.05, 0.1) is 35.8 Å². The van der Waals surface area contributed by atoms with E-state index in [0.29, 0.717) is 0 Å². The number of methoxy groups -OCH3 is 2. The number of nitro benzene ring substituents is 1. The van der Waals surface area contributed by atoms with Gasteiger partial charge in [-0.25, -0.2) is 0 Å². The van der Waals surface area contributed by atoms with Crippen LogP contribution in [-0.2, 0) is 0 Å². The molecule has 0 aliphatic rings. The van der Waals surface area contributed by atoms with Gasteiger partial charge < -0.3 is 14.8 Å². The third kappa shape index (κ3) is 3.21. The zero-order valence-corrected chi connectivity index (χ0v) is 12.4. The van der Waals surface area contributed by atoms with Gasteiger partial charge >= 0.3 is 11.6 Å². The molecule has 1 heterocycles. The second kappa shape index (κ2) is 6.60. The van der Waals surface area contributed by atoms with E-state index in [1.54, 1.807) is 0 Å². The molecule has 126 valence electrons. The molecule has 2 aromatic rings. The van der Waals surface area contributed by atoms with Gasteiger partial charge in [0.2, 0.25) is 5.69 Å². The van der Waals surface area contributed by atoms with Crippen LogP contribution in [0.1, 0.15) is 10.5 Å². The van der Waals surface area contributed by atoms with Crippen molar-refractivity contribution in [2.45, 2.75) is 0 Å². The standard InChI is InChI=1S/C12H11N5O7/c1-23-8-4-6(3-7(5-8)16(19)20)13-11(18)9-10(17(21)22)12(24-2)15-14-9/h3-5H,1-2H3,(H,13,18)(H,14,15). The first-order chi connectivity index (χ1) is 11.4. The second-order valence-electron chi connectivity index (χ2n) is 4.34. The second-order valence-corrected chi connectivity index (χ2v) is 4.34. The molecule has 0 fully saturated rings. The van der Waals surface area contributed by atoms with Gasteiger partial charge in [-0.05, 0) is 0 Å². The fourth-order valence-corrected chi connectivity index (χ4v) is 1.86. The molecule has 1 amide bonds. The maximum absolute atomic E-state index is 12.2. The van der Waals surface area contributed by atoms with Gasteiger partial charge in [0.15, 0.2) is 0 Å². The van der Waals surface area contributed by atoms with E-state index in [1.165, 1.54) is 13.2 Å². The van der Waals surface area contributed by atoms with Crippen LogP contribution in [0.15, 0.2) is 18.2 Å². The number of carbonyl (C=O) groups is 1. The Hall–Kier alpha value is -3.70. The third-order valence-corrected chi connectivity index (χ3v) is 2.91. The summed E-state index contributed by atoms with van der Waals surface area (Å²) in [5.74, 6) is -1.14. The molecule has 0 atom stereocenters. The number of non-ortho nitro benzene ring substituents is 1. The van der Waals surface area contributed by atoms with Gasteiger partial charge in [0.25, 0.3) is 11.6 Å². The molecular formula is C12H11N5O7. The highest BCUT2D eigenvalue weighted by molar-refractivity contribution is 6.06. The van der Waals surface area contributed by atoms with Crippen molar-refractivity contribution >= 4 is 23.0 Å². The fourth-order valence-electron chi connectivity index (χ4n) is 1.86. The van der Waals surface area contributed by atoms with Crippen LogP contribution in [-0.4, -0.2) is 40.2 Å². The van der Waals surface area contributed by atoms with Crippen molar-refractivity contribution in [3.8, 4) is 11.6 Å². The molecule has 0 radical (unpaired) electrons. The van der Waals surface area contributed by atoms with Crippen molar-refractivity contribution in [2.75, 3.05) is 19.5 Å². The third-order valence-electron chi connectivity index (χ3n) is 2.91. The van der Waals surface area contributed by atoms with Gasteiger partial charge in [-0.2, -0.15) is 0 Å². The van der Waals surface area contributed by atoms with Gasteiger partial charge in [-0.3, -0.25) is 30.1 Å². The molecule has 0 saturated carbocycles. The number of hydrogen-bond donors (Lipinski definition) is 2. The Labute approximate surface area is 133 Å². The first kappa shape index (κ1) is 16.7. The molecule has 0 aliphatic carbocycles. The van der Waals surface area contributed by atoms with Crippen molar-refractivity contribution in [3.05, 3.63) is 44.1 Å². The average molecular weight is 337 g/mol. The molecule has 24 heavy (non-hydrogen) atoms. The number of hydrogen-bond acceptors (Lipinski definition) is 8. The summed E-state index contributed by atoms with van der Waals surface area (Å²) in [5.41, 5.74) is -1.40. The van der Waals surface area contributed by atoms with Gasteiger partial charge in [0.1, 0.15) is 5.75 Å². The van der Waals surface area contributed by atoms with Crippen LogP contribution in [0.5, 0.6) is 11.6 Å². The lowest BCUT2D eigenvalue weighted by atomic mass is 10.2. The molecule has 0 unspecified atom stereocenters. The first-order valence-electron chi connectivity index (χ1n) is 6.29. The summed E-state index contributed by atoms with van der Waals surface area (Å²) in [6.07, 6.45) is 0. The lowest BCUT2D eigenvalue weighted by Crippen LogP contribution is -2.14. The number of ether oxygens (including phenoxy) is 2. The van der Waals surface area contributed by atoms with Crippen molar-refractivity contribution in [1.82, 2.24) is 10.2 Å². The van der Waals surface area contributed by atoms with E-state index < -0.39 is 27.1 Å². The molecule has 0 bridgehead atoms. The Bertz CT molecular complexity index is 816. The van der Waals surface area contributed by atoms with E-state index in [-0.39, 0.29) is 23.0 Å². The Kier molecular flexibility index (Phi) is 4.58. The zero-order chi connectivity index (χ0) is 17.9. The zero-order valence-electron chi connectivity index (χ0n) is 12.4. The van der Waals surface area contributed by atoms with Crippen LogP contribution in [0.3, 0.4) is 0 Å². The topological polar surface area (TPSA) is 163 Å². The monoisotopic (exact) mass is 337 g/mol. The van der Waals surface area contributed by atoms with Crippen LogP contribution in [0.2, 0.25) is 0 Å². The maximum atomic E-state index is 12.2. The summed E-state index contributed by atoms with van der Waals surface area (Å²) in [4.78, 5) is 32.6. The number of rotatable bonds is 6. The summed E-state index contributed by atoms with van der Waals surface area (Å²) in [5, 5.41) is 29.9. The van der Waals surface area contributed by atoms with Crippen molar-refractivity contribution in [3.63, 3.8) is 0 Å². The lowest BCUT2D eigenvalue weighted by molar-refractivity contribution is -0.386. The number of nitrogens with zero attached hydrogens (tertiary/aromatic N) is 3. The predicted octanol–water partition coefficient (Wildman–Crippen LogP) is 1.50. The van der Waals surface area contributed by atoms with Crippen LogP contribution >= 0.6 is 0 Å². The number of H-pyrrole nitrogens is 1. The molecule has 1 aromatic carbocycles. The maximum Gasteiger partial charge on any atom is 0.362 e. The molecule has 12 heteroatoms. The first-order valence-corrected chi connectivity index (χ1v) is 6.29. The minimum Gasteiger partial charge on any atom is -0.496 e. The van der Waals surface area contributed by atoms with E-state index in [9.17, 15) is 25.0 Å². The number of aromatic nitrogens is 2. The minimum absolute atomic E-state index is 0.0221. The summed E-state index contributed by atoms with van der Waals surface area (Å²) in [6.45, 7) is 0. The number of aromatic amines is 1. The number of nitro groups is 2. The number of carbonyl (C=O) groups excluding carboxylic acids is 1.